The maximum atomic E-state index is 13.3. The van der Waals surface area contributed by atoms with Gasteiger partial charge in [-0.25, -0.2) is 4.39 Å². The number of rotatable bonds is 4. The third-order valence-electron chi connectivity index (χ3n) is 4.60. The van der Waals surface area contributed by atoms with Crippen LogP contribution in [0.2, 0.25) is 0 Å². The summed E-state index contributed by atoms with van der Waals surface area (Å²) in [5.74, 6) is -1.85. The maximum absolute atomic E-state index is 13.3. The lowest BCUT2D eigenvalue weighted by Crippen LogP contribution is -2.36. The number of hydrogen-bond acceptors (Lipinski definition) is 2. The summed E-state index contributed by atoms with van der Waals surface area (Å²) < 4.78 is 13.3. The van der Waals surface area contributed by atoms with E-state index in [0.717, 1.165) is 16.7 Å². The lowest BCUT2D eigenvalue weighted by molar-refractivity contribution is -0.150. The van der Waals surface area contributed by atoms with Crippen molar-refractivity contribution in [3.8, 4) is 0 Å². The number of nitrogens with one attached hydrogen (secondary N) is 1. The van der Waals surface area contributed by atoms with Crippen LogP contribution < -0.4 is 5.32 Å². The van der Waals surface area contributed by atoms with E-state index in [1.165, 1.54) is 12.1 Å². The molecule has 0 radical (unpaired) electrons. The second-order valence-corrected chi connectivity index (χ2v) is 6.39. The van der Waals surface area contributed by atoms with E-state index in [9.17, 15) is 19.1 Å². The van der Waals surface area contributed by atoms with E-state index < -0.39 is 23.1 Å². The van der Waals surface area contributed by atoms with E-state index in [0.29, 0.717) is 18.5 Å². The number of amides is 1. The highest BCUT2D eigenvalue weighted by atomic mass is 19.1. The predicted octanol–water partition coefficient (Wildman–Crippen LogP) is 3.33. The van der Waals surface area contributed by atoms with Crippen molar-refractivity contribution in [3.63, 3.8) is 0 Å². The summed E-state index contributed by atoms with van der Waals surface area (Å²) in [6.45, 7) is 1.76. The summed E-state index contributed by atoms with van der Waals surface area (Å²) in [4.78, 5) is 24.3. The Morgan fingerprint density at radius 3 is 2.38 bits per heavy atom. The van der Waals surface area contributed by atoms with Crippen molar-refractivity contribution in [2.24, 2.45) is 5.41 Å². The SMILES string of the molecule is Cc1ccc(F)cc1NC(=O)CC1(C(=O)O)Cc2ccccc2C1. The standard InChI is InChI=1S/C19H18FNO3/c1-12-6-7-15(20)8-16(12)21-17(22)11-19(18(23)24)9-13-4-2-3-5-14(13)10-19/h2-8H,9-11H2,1H3,(H,21,22)(H,23,24). The van der Waals surface area contributed by atoms with Gasteiger partial charge in [-0.3, -0.25) is 9.59 Å². The van der Waals surface area contributed by atoms with Crippen molar-refractivity contribution in [3.05, 3.63) is 65.0 Å². The van der Waals surface area contributed by atoms with Crippen LogP contribution in [0.1, 0.15) is 23.1 Å². The Morgan fingerprint density at radius 1 is 1.17 bits per heavy atom. The van der Waals surface area contributed by atoms with Crippen LogP contribution in [0, 0.1) is 18.2 Å². The minimum atomic E-state index is -1.14. The van der Waals surface area contributed by atoms with Crippen LogP contribution >= 0.6 is 0 Å². The van der Waals surface area contributed by atoms with E-state index in [-0.39, 0.29) is 6.42 Å². The van der Waals surface area contributed by atoms with Crippen molar-refractivity contribution in [1.29, 1.82) is 0 Å². The molecule has 0 aliphatic heterocycles. The van der Waals surface area contributed by atoms with Gasteiger partial charge in [-0.05, 0) is 48.6 Å². The molecule has 1 aliphatic carbocycles. The van der Waals surface area contributed by atoms with Gasteiger partial charge in [0, 0.05) is 12.1 Å². The van der Waals surface area contributed by atoms with E-state index >= 15 is 0 Å². The van der Waals surface area contributed by atoms with Gasteiger partial charge in [-0.2, -0.15) is 0 Å². The molecule has 2 N–H and O–H groups in total. The molecule has 2 aromatic rings. The van der Waals surface area contributed by atoms with Crippen LogP contribution in [0.25, 0.3) is 0 Å². The summed E-state index contributed by atoms with van der Waals surface area (Å²) in [6, 6.07) is 11.7. The number of carboxylic acids is 1. The number of carboxylic acid groups (broad SMARTS) is 1. The molecule has 0 unspecified atom stereocenters. The summed E-state index contributed by atoms with van der Waals surface area (Å²) in [7, 11) is 0. The zero-order valence-corrected chi connectivity index (χ0v) is 13.3. The van der Waals surface area contributed by atoms with Gasteiger partial charge in [0.05, 0.1) is 5.41 Å². The number of benzene rings is 2. The Balaban J connectivity index is 1.79. The number of fused-ring (bicyclic) bond motifs is 1. The van der Waals surface area contributed by atoms with Gasteiger partial charge >= 0.3 is 5.97 Å². The molecule has 0 spiro atoms. The number of aryl methyl sites for hydroxylation is 1. The molecule has 0 aromatic heterocycles. The third kappa shape index (κ3) is 3.02. The van der Waals surface area contributed by atoms with E-state index in [4.69, 9.17) is 0 Å². The quantitative estimate of drug-likeness (QED) is 0.905. The molecular formula is C19H18FNO3. The highest BCUT2D eigenvalue weighted by Crippen LogP contribution is 2.40. The van der Waals surface area contributed by atoms with Crippen molar-refractivity contribution in [2.75, 3.05) is 5.32 Å². The fraction of sp³-hybridized carbons (Fsp3) is 0.263. The summed E-state index contributed by atoms with van der Waals surface area (Å²) in [5.41, 5.74) is 1.89. The van der Waals surface area contributed by atoms with Gasteiger partial charge in [0.2, 0.25) is 5.91 Å². The first kappa shape index (κ1) is 16.2. The maximum Gasteiger partial charge on any atom is 0.310 e. The smallest absolute Gasteiger partial charge is 0.310 e. The minimum Gasteiger partial charge on any atom is -0.481 e. The number of carbonyl (C=O) groups is 2. The van der Waals surface area contributed by atoms with Crippen LogP contribution in [0.4, 0.5) is 10.1 Å². The van der Waals surface area contributed by atoms with Gasteiger partial charge in [0.25, 0.3) is 0 Å². The van der Waals surface area contributed by atoms with Crippen molar-refractivity contribution < 1.29 is 19.1 Å². The van der Waals surface area contributed by atoms with Gasteiger partial charge < -0.3 is 10.4 Å². The van der Waals surface area contributed by atoms with Crippen LogP contribution in [0.15, 0.2) is 42.5 Å². The molecule has 0 atom stereocenters. The highest BCUT2D eigenvalue weighted by Gasteiger charge is 2.45. The van der Waals surface area contributed by atoms with Crippen LogP contribution in [0.5, 0.6) is 0 Å². The topological polar surface area (TPSA) is 66.4 Å². The molecule has 124 valence electrons. The molecular weight excluding hydrogens is 309 g/mol. The number of halogens is 1. The Bertz CT molecular complexity index is 791. The number of aliphatic carboxylic acids is 1. The van der Waals surface area contributed by atoms with Crippen LogP contribution in [-0.2, 0) is 22.4 Å². The molecule has 0 heterocycles. The molecule has 0 bridgehead atoms. The van der Waals surface area contributed by atoms with E-state index in [1.54, 1.807) is 13.0 Å². The average molecular weight is 327 g/mol. The fourth-order valence-corrected chi connectivity index (χ4v) is 3.28. The van der Waals surface area contributed by atoms with E-state index in [1.807, 2.05) is 24.3 Å². The van der Waals surface area contributed by atoms with Crippen molar-refractivity contribution in [2.45, 2.75) is 26.2 Å². The lowest BCUT2D eigenvalue weighted by atomic mass is 9.81. The molecule has 2 aromatic carbocycles. The molecule has 1 amide bonds. The van der Waals surface area contributed by atoms with Gasteiger partial charge in [-0.15, -0.1) is 0 Å². The molecule has 0 fully saturated rings. The first-order chi connectivity index (χ1) is 11.4. The molecule has 0 saturated heterocycles. The molecule has 5 heteroatoms. The largest absolute Gasteiger partial charge is 0.481 e. The van der Waals surface area contributed by atoms with Gasteiger partial charge in [0.1, 0.15) is 5.82 Å². The summed E-state index contributed by atoms with van der Waals surface area (Å²) >= 11 is 0. The molecule has 4 nitrogen and oxygen atoms in total. The lowest BCUT2D eigenvalue weighted by Gasteiger charge is -2.23. The Labute approximate surface area is 139 Å². The van der Waals surface area contributed by atoms with Gasteiger partial charge in [0.15, 0.2) is 0 Å². The summed E-state index contributed by atoms with van der Waals surface area (Å²) in [5, 5.41) is 12.4. The Kier molecular flexibility index (Phi) is 4.09. The number of carbonyl (C=O) groups excluding carboxylic acids is 1. The van der Waals surface area contributed by atoms with Crippen LogP contribution in [-0.4, -0.2) is 17.0 Å². The molecule has 0 saturated carbocycles. The third-order valence-corrected chi connectivity index (χ3v) is 4.60. The first-order valence-electron chi connectivity index (χ1n) is 7.76. The number of hydrogen-bond donors (Lipinski definition) is 2. The molecule has 3 rings (SSSR count). The Hall–Kier alpha value is -2.69. The monoisotopic (exact) mass is 327 g/mol. The molecule has 24 heavy (non-hydrogen) atoms. The first-order valence-corrected chi connectivity index (χ1v) is 7.76. The minimum absolute atomic E-state index is 0.146. The predicted molar refractivity (Wildman–Crippen MR) is 88.3 cm³/mol. The van der Waals surface area contributed by atoms with Gasteiger partial charge in [-0.1, -0.05) is 30.3 Å². The molecule has 1 aliphatic rings. The van der Waals surface area contributed by atoms with Crippen molar-refractivity contribution in [1.82, 2.24) is 0 Å². The normalized spacial score (nSPS) is 14.9. The average Bonchev–Trinajstić information content (AvgIpc) is 2.90. The van der Waals surface area contributed by atoms with Crippen LogP contribution in [0.3, 0.4) is 0 Å². The second-order valence-electron chi connectivity index (χ2n) is 6.39. The Morgan fingerprint density at radius 2 is 1.79 bits per heavy atom. The second kappa shape index (κ2) is 6.07. The number of anilines is 1. The fourth-order valence-electron chi connectivity index (χ4n) is 3.28. The van der Waals surface area contributed by atoms with Crippen molar-refractivity contribution >= 4 is 17.6 Å². The zero-order valence-electron chi connectivity index (χ0n) is 13.3. The summed E-state index contributed by atoms with van der Waals surface area (Å²) in [6.07, 6.45) is 0.509. The highest BCUT2D eigenvalue weighted by molar-refractivity contribution is 5.95. The van der Waals surface area contributed by atoms with E-state index in [2.05, 4.69) is 5.32 Å². The zero-order chi connectivity index (χ0) is 17.3.